The number of amides is 1. The summed E-state index contributed by atoms with van der Waals surface area (Å²) in [6, 6.07) is 7.15. The second kappa shape index (κ2) is 9.23. The Morgan fingerprint density at radius 1 is 1.58 bits per heavy atom. The van der Waals surface area contributed by atoms with Crippen molar-refractivity contribution in [1.29, 1.82) is 0 Å². The van der Waals surface area contributed by atoms with Crippen LogP contribution in [0.5, 0.6) is 5.75 Å². The molecule has 0 saturated carbocycles. The molecule has 0 unspecified atom stereocenters. The highest BCUT2D eigenvalue weighted by molar-refractivity contribution is 9.10. The third-order valence-electron chi connectivity index (χ3n) is 2.44. The molecule has 6 heteroatoms. The number of carbonyl (C=O) groups excluding carboxylic acids is 1. The average Bonchev–Trinajstić information content (AvgIpc) is 2.40. The van der Waals surface area contributed by atoms with Crippen molar-refractivity contribution in [2.24, 2.45) is 5.73 Å². The van der Waals surface area contributed by atoms with E-state index < -0.39 is 6.04 Å². The molecule has 1 amide bonds. The number of benzene rings is 1. The molecule has 4 nitrogen and oxygen atoms in total. The van der Waals surface area contributed by atoms with Crippen molar-refractivity contribution in [3.8, 4) is 5.75 Å². The number of carbonyl (C=O) groups is 1. The molecule has 1 aromatic carbocycles. The van der Waals surface area contributed by atoms with E-state index in [2.05, 4.69) is 21.2 Å². The summed E-state index contributed by atoms with van der Waals surface area (Å²) in [5.74, 6) is 1.55. The molecule has 1 rings (SSSR count). The zero-order chi connectivity index (χ0) is 14.1. The van der Waals surface area contributed by atoms with E-state index >= 15 is 0 Å². The lowest BCUT2D eigenvalue weighted by molar-refractivity contribution is -0.122. The van der Waals surface area contributed by atoms with Crippen LogP contribution in [-0.2, 0) is 4.79 Å². The third-order valence-corrected chi connectivity index (χ3v) is 3.57. The highest BCUT2D eigenvalue weighted by atomic mass is 79.9. The Morgan fingerprint density at radius 3 is 3.05 bits per heavy atom. The van der Waals surface area contributed by atoms with E-state index in [1.807, 2.05) is 30.5 Å². The van der Waals surface area contributed by atoms with Crippen LogP contribution in [0, 0.1) is 0 Å². The summed E-state index contributed by atoms with van der Waals surface area (Å²) in [7, 11) is 0. The van der Waals surface area contributed by atoms with Gasteiger partial charge in [0.05, 0.1) is 12.6 Å². The van der Waals surface area contributed by atoms with E-state index in [0.717, 1.165) is 16.0 Å². The number of nitrogens with two attached hydrogens (primary N) is 1. The lowest BCUT2D eigenvalue weighted by Gasteiger charge is -2.12. The first-order valence-electron chi connectivity index (χ1n) is 6.04. The zero-order valence-electron chi connectivity index (χ0n) is 10.9. The molecular formula is C13H19BrN2O2S. The number of nitrogens with one attached hydrogen (secondary N) is 1. The second-order valence-electron chi connectivity index (χ2n) is 3.98. The Hall–Kier alpha value is -0.720. The lowest BCUT2D eigenvalue weighted by Crippen LogP contribution is -2.42. The molecule has 106 valence electrons. The number of thioether (sulfide) groups is 1. The maximum absolute atomic E-state index is 11.6. The molecule has 0 radical (unpaired) electrons. The predicted octanol–water partition coefficient (Wildman–Crippen LogP) is 2.02. The van der Waals surface area contributed by atoms with Gasteiger partial charge in [0, 0.05) is 4.47 Å². The summed E-state index contributed by atoms with van der Waals surface area (Å²) in [5, 5.41) is 2.77. The van der Waals surface area contributed by atoms with E-state index in [9.17, 15) is 4.79 Å². The summed E-state index contributed by atoms with van der Waals surface area (Å²) in [5.41, 5.74) is 5.74. The second-order valence-corrected chi connectivity index (χ2v) is 5.89. The van der Waals surface area contributed by atoms with E-state index in [0.29, 0.717) is 19.6 Å². The van der Waals surface area contributed by atoms with Gasteiger partial charge in [-0.15, -0.1) is 0 Å². The SMILES string of the molecule is CSCC[C@H](N)C(=O)NCCOc1cccc(Br)c1. The van der Waals surface area contributed by atoms with Gasteiger partial charge in [-0.3, -0.25) is 4.79 Å². The van der Waals surface area contributed by atoms with Crippen molar-refractivity contribution in [2.45, 2.75) is 12.5 Å². The van der Waals surface area contributed by atoms with Crippen molar-refractivity contribution in [3.05, 3.63) is 28.7 Å². The standard InChI is InChI=1S/C13H19BrN2O2S/c1-19-8-5-12(15)13(17)16-6-7-18-11-4-2-3-10(14)9-11/h2-4,9,12H,5-8,15H2,1H3,(H,16,17)/t12-/m0/s1. The minimum absolute atomic E-state index is 0.119. The van der Waals surface area contributed by atoms with Crippen LogP contribution in [0.3, 0.4) is 0 Å². The molecule has 0 bridgehead atoms. The number of ether oxygens (including phenoxy) is 1. The van der Waals surface area contributed by atoms with Gasteiger partial charge in [0.15, 0.2) is 0 Å². The summed E-state index contributed by atoms with van der Waals surface area (Å²) in [6.45, 7) is 0.885. The Kier molecular flexibility index (Phi) is 7.93. The van der Waals surface area contributed by atoms with Crippen LogP contribution in [0.2, 0.25) is 0 Å². The van der Waals surface area contributed by atoms with Crippen molar-refractivity contribution in [3.63, 3.8) is 0 Å². The summed E-state index contributed by atoms with van der Waals surface area (Å²) >= 11 is 5.05. The molecule has 0 aliphatic carbocycles. The molecule has 0 saturated heterocycles. The number of halogens is 1. The Labute approximate surface area is 126 Å². The molecular weight excluding hydrogens is 328 g/mol. The van der Waals surface area contributed by atoms with Gasteiger partial charge in [-0.1, -0.05) is 22.0 Å². The Bertz CT molecular complexity index is 404. The van der Waals surface area contributed by atoms with Gasteiger partial charge in [0.2, 0.25) is 5.91 Å². The molecule has 0 aromatic heterocycles. The third kappa shape index (κ3) is 6.84. The first-order valence-corrected chi connectivity index (χ1v) is 8.22. The number of hydrogen-bond donors (Lipinski definition) is 2. The first-order chi connectivity index (χ1) is 9.13. The monoisotopic (exact) mass is 346 g/mol. The topological polar surface area (TPSA) is 64.4 Å². The minimum atomic E-state index is -0.432. The molecule has 0 fully saturated rings. The van der Waals surface area contributed by atoms with Crippen LogP contribution in [0.4, 0.5) is 0 Å². The normalized spacial score (nSPS) is 11.9. The molecule has 1 aromatic rings. The highest BCUT2D eigenvalue weighted by Gasteiger charge is 2.11. The molecule has 0 aliphatic rings. The first kappa shape index (κ1) is 16.3. The van der Waals surface area contributed by atoms with Gasteiger partial charge in [-0.05, 0) is 36.6 Å². The fourth-order valence-corrected chi connectivity index (χ4v) is 2.27. The maximum Gasteiger partial charge on any atom is 0.237 e. The van der Waals surface area contributed by atoms with Gasteiger partial charge in [0.25, 0.3) is 0 Å². The van der Waals surface area contributed by atoms with Crippen molar-refractivity contribution in [1.82, 2.24) is 5.32 Å². The largest absolute Gasteiger partial charge is 0.492 e. The lowest BCUT2D eigenvalue weighted by atomic mass is 10.2. The van der Waals surface area contributed by atoms with Crippen LogP contribution in [0.1, 0.15) is 6.42 Å². The van der Waals surface area contributed by atoms with Crippen LogP contribution in [0.25, 0.3) is 0 Å². The molecule has 0 aliphatic heterocycles. The predicted molar refractivity (Wildman–Crippen MR) is 83.6 cm³/mol. The molecule has 19 heavy (non-hydrogen) atoms. The number of rotatable bonds is 8. The van der Waals surface area contributed by atoms with E-state index in [1.54, 1.807) is 11.8 Å². The van der Waals surface area contributed by atoms with E-state index in [-0.39, 0.29) is 5.91 Å². The Balaban J connectivity index is 2.18. The summed E-state index contributed by atoms with van der Waals surface area (Å²) in [4.78, 5) is 11.6. The average molecular weight is 347 g/mol. The molecule has 1 atom stereocenters. The van der Waals surface area contributed by atoms with Gasteiger partial charge >= 0.3 is 0 Å². The minimum Gasteiger partial charge on any atom is -0.492 e. The van der Waals surface area contributed by atoms with Gasteiger partial charge in [-0.2, -0.15) is 11.8 Å². The van der Waals surface area contributed by atoms with Crippen LogP contribution >= 0.6 is 27.7 Å². The zero-order valence-corrected chi connectivity index (χ0v) is 13.3. The van der Waals surface area contributed by atoms with E-state index in [1.165, 1.54) is 0 Å². The highest BCUT2D eigenvalue weighted by Crippen LogP contribution is 2.17. The fourth-order valence-electron chi connectivity index (χ4n) is 1.41. The summed E-state index contributed by atoms with van der Waals surface area (Å²) in [6.07, 6.45) is 2.69. The van der Waals surface area contributed by atoms with Crippen LogP contribution in [-0.4, -0.2) is 37.1 Å². The van der Waals surface area contributed by atoms with Crippen LogP contribution < -0.4 is 15.8 Å². The van der Waals surface area contributed by atoms with E-state index in [4.69, 9.17) is 10.5 Å². The number of hydrogen-bond acceptors (Lipinski definition) is 4. The summed E-state index contributed by atoms with van der Waals surface area (Å²) < 4.78 is 6.47. The smallest absolute Gasteiger partial charge is 0.237 e. The van der Waals surface area contributed by atoms with Crippen molar-refractivity contribution >= 4 is 33.6 Å². The van der Waals surface area contributed by atoms with Crippen molar-refractivity contribution < 1.29 is 9.53 Å². The maximum atomic E-state index is 11.6. The van der Waals surface area contributed by atoms with Crippen molar-refractivity contribution in [2.75, 3.05) is 25.2 Å². The quantitative estimate of drug-likeness (QED) is 0.707. The Morgan fingerprint density at radius 2 is 2.37 bits per heavy atom. The van der Waals surface area contributed by atoms with Gasteiger partial charge in [0.1, 0.15) is 12.4 Å². The fraction of sp³-hybridized carbons (Fsp3) is 0.462. The van der Waals surface area contributed by atoms with Crippen LogP contribution in [0.15, 0.2) is 28.7 Å². The molecule has 0 heterocycles. The van der Waals surface area contributed by atoms with Gasteiger partial charge < -0.3 is 15.8 Å². The van der Waals surface area contributed by atoms with Gasteiger partial charge in [-0.25, -0.2) is 0 Å². The molecule has 0 spiro atoms. The molecule has 3 N–H and O–H groups in total.